The highest BCUT2D eigenvalue weighted by molar-refractivity contribution is 5.73. The second kappa shape index (κ2) is 5.92. The van der Waals surface area contributed by atoms with E-state index in [1.165, 1.54) is 0 Å². The molecule has 0 aromatic heterocycles. The van der Waals surface area contributed by atoms with Crippen LogP contribution < -0.4 is 5.06 Å². The van der Waals surface area contributed by atoms with Crippen LogP contribution in [0.2, 0.25) is 0 Å². The molecule has 0 spiro atoms. The number of carbonyl (C=O) groups is 1. The van der Waals surface area contributed by atoms with Gasteiger partial charge in [-0.25, -0.2) is 4.79 Å². The van der Waals surface area contributed by atoms with Crippen molar-refractivity contribution in [3.63, 3.8) is 0 Å². The summed E-state index contributed by atoms with van der Waals surface area (Å²) in [5.74, 6) is -1.96. The molecule has 0 atom stereocenters. The van der Waals surface area contributed by atoms with Crippen LogP contribution in [-0.4, -0.2) is 30.3 Å². The molecule has 1 fully saturated rings. The predicted molar refractivity (Wildman–Crippen MR) is 46.2 cm³/mol. The standard InChI is InChI=1S/C6H13NO.C2HF3O2/c1-6-2-4-7(8)5-3-6;3-2(4,5)1(6)7/h6-7H,2-5H2,1H3;(H,6,7). The third kappa shape index (κ3) is 7.15. The van der Waals surface area contributed by atoms with Crippen LogP contribution in [0.15, 0.2) is 0 Å². The van der Waals surface area contributed by atoms with E-state index in [1.807, 2.05) is 0 Å². The number of rotatable bonds is 0. The molecule has 15 heavy (non-hydrogen) atoms. The van der Waals surface area contributed by atoms with Gasteiger partial charge in [0, 0.05) is 0 Å². The van der Waals surface area contributed by atoms with E-state index >= 15 is 0 Å². The van der Waals surface area contributed by atoms with Crippen molar-refractivity contribution in [2.75, 3.05) is 13.1 Å². The van der Waals surface area contributed by atoms with Crippen LogP contribution in [0.3, 0.4) is 0 Å². The molecule has 0 aromatic rings. The van der Waals surface area contributed by atoms with Crippen molar-refractivity contribution in [1.82, 2.24) is 0 Å². The first-order valence-electron chi connectivity index (χ1n) is 4.55. The summed E-state index contributed by atoms with van der Waals surface area (Å²) >= 11 is 0. The minimum atomic E-state index is -5.08. The molecule has 0 bridgehead atoms. The highest BCUT2D eigenvalue weighted by Gasteiger charge is 2.38. The van der Waals surface area contributed by atoms with Gasteiger partial charge in [0.15, 0.2) is 0 Å². The zero-order valence-corrected chi connectivity index (χ0v) is 8.30. The van der Waals surface area contributed by atoms with Crippen molar-refractivity contribution in [3.8, 4) is 0 Å². The summed E-state index contributed by atoms with van der Waals surface area (Å²) in [6.45, 7) is 3.88. The van der Waals surface area contributed by atoms with Gasteiger partial charge in [0.25, 0.3) is 0 Å². The minimum Gasteiger partial charge on any atom is -0.634 e. The molecule has 1 heterocycles. The SMILES string of the molecule is CC1CC[NH+]([O-])CC1.O=C(O)C(F)(F)F. The highest BCUT2D eigenvalue weighted by atomic mass is 19.4. The molecule has 4 nitrogen and oxygen atoms in total. The Balaban J connectivity index is 0.000000265. The largest absolute Gasteiger partial charge is 0.634 e. The van der Waals surface area contributed by atoms with Crippen LogP contribution in [0.1, 0.15) is 19.8 Å². The number of hydrogen-bond acceptors (Lipinski definition) is 2. The normalized spacial score (nSPS) is 26.5. The second-order valence-corrected chi connectivity index (χ2v) is 3.52. The van der Waals surface area contributed by atoms with Crippen molar-refractivity contribution in [3.05, 3.63) is 5.21 Å². The third-order valence-corrected chi connectivity index (χ3v) is 2.07. The first-order valence-corrected chi connectivity index (χ1v) is 4.55. The van der Waals surface area contributed by atoms with E-state index in [-0.39, 0.29) is 0 Å². The number of carboxylic acid groups (broad SMARTS) is 1. The number of nitrogens with one attached hydrogen (secondary N) is 1. The van der Waals surface area contributed by atoms with Gasteiger partial charge in [-0.05, 0) is 18.8 Å². The Morgan fingerprint density at radius 2 is 1.73 bits per heavy atom. The number of hydrogen-bond donors (Lipinski definition) is 2. The molecule has 0 aromatic carbocycles. The van der Waals surface area contributed by atoms with Gasteiger partial charge in [0.2, 0.25) is 0 Å². The van der Waals surface area contributed by atoms with Crippen LogP contribution in [0.4, 0.5) is 13.2 Å². The lowest BCUT2D eigenvalue weighted by molar-refractivity contribution is -0.854. The zero-order valence-electron chi connectivity index (χ0n) is 8.30. The smallest absolute Gasteiger partial charge is 0.490 e. The molecule has 0 saturated carbocycles. The fraction of sp³-hybridized carbons (Fsp3) is 0.875. The summed E-state index contributed by atoms with van der Waals surface area (Å²) in [6, 6.07) is 0. The Morgan fingerprint density at radius 1 is 1.40 bits per heavy atom. The summed E-state index contributed by atoms with van der Waals surface area (Å²) in [4.78, 5) is 8.90. The van der Waals surface area contributed by atoms with Crippen molar-refractivity contribution < 1.29 is 28.1 Å². The average molecular weight is 229 g/mol. The summed E-state index contributed by atoms with van der Waals surface area (Å²) in [7, 11) is 0. The molecule has 1 saturated heterocycles. The molecule has 0 aliphatic carbocycles. The Hall–Kier alpha value is -0.820. The van der Waals surface area contributed by atoms with E-state index < -0.39 is 12.1 Å². The number of quaternary nitrogens is 1. The lowest BCUT2D eigenvalue weighted by Crippen LogP contribution is -3.08. The van der Waals surface area contributed by atoms with Crippen molar-refractivity contribution >= 4 is 5.97 Å². The summed E-state index contributed by atoms with van der Waals surface area (Å²) in [5.41, 5.74) is 0. The van der Waals surface area contributed by atoms with Gasteiger partial charge >= 0.3 is 12.1 Å². The summed E-state index contributed by atoms with van der Waals surface area (Å²) in [5, 5.41) is 18.2. The molecule has 0 amide bonds. The molecule has 7 heteroatoms. The average Bonchev–Trinajstić information content (AvgIpc) is 2.09. The maximum atomic E-state index is 10.6. The summed E-state index contributed by atoms with van der Waals surface area (Å²) in [6.07, 6.45) is -2.84. The zero-order chi connectivity index (χ0) is 12.1. The van der Waals surface area contributed by atoms with Crippen LogP contribution in [0.5, 0.6) is 0 Å². The fourth-order valence-corrected chi connectivity index (χ4v) is 1.08. The molecule has 0 unspecified atom stereocenters. The molecule has 1 rings (SSSR count). The number of halogens is 3. The lowest BCUT2D eigenvalue weighted by Gasteiger charge is -2.29. The third-order valence-electron chi connectivity index (χ3n) is 2.07. The number of aliphatic carboxylic acids is 1. The van der Waals surface area contributed by atoms with Gasteiger partial charge in [-0.3, -0.25) is 0 Å². The van der Waals surface area contributed by atoms with Crippen LogP contribution in [0.25, 0.3) is 0 Å². The van der Waals surface area contributed by atoms with E-state index in [1.54, 1.807) is 0 Å². The molecule has 1 aliphatic heterocycles. The fourth-order valence-electron chi connectivity index (χ4n) is 1.08. The van der Waals surface area contributed by atoms with E-state index in [0.29, 0.717) is 5.06 Å². The van der Waals surface area contributed by atoms with Gasteiger partial charge in [-0.1, -0.05) is 6.92 Å². The van der Waals surface area contributed by atoms with Crippen LogP contribution >= 0.6 is 0 Å². The van der Waals surface area contributed by atoms with E-state index in [4.69, 9.17) is 9.90 Å². The Morgan fingerprint density at radius 3 is 1.93 bits per heavy atom. The van der Waals surface area contributed by atoms with E-state index in [0.717, 1.165) is 31.8 Å². The monoisotopic (exact) mass is 229 g/mol. The quantitative estimate of drug-likeness (QED) is 0.592. The topological polar surface area (TPSA) is 64.8 Å². The Bertz CT molecular complexity index is 190. The van der Waals surface area contributed by atoms with Gasteiger partial charge in [0.1, 0.15) is 0 Å². The Kier molecular flexibility index (Phi) is 5.59. The number of piperidine rings is 1. The first kappa shape index (κ1) is 14.2. The van der Waals surface area contributed by atoms with E-state index in [2.05, 4.69) is 6.92 Å². The Labute approximate surface area is 85.3 Å². The number of alkyl halides is 3. The van der Waals surface area contributed by atoms with Crippen molar-refractivity contribution in [2.45, 2.75) is 25.9 Å². The molecule has 90 valence electrons. The first-order chi connectivity index (χ1) is 6.73. The minimum absolute atomic E-state index is 0.461. The lowest BCUT2D eigenvalue weighted by atomic mass is 10.0. The second-order valence-electron chi connectivity index (χ2n) is 3.52. The van der Waals surface area contributed by atoms with Crippen LogP contribution in [0, 0.1) is 11.1 Å². The van der Waals surface area contributed by atoms with Crippen LogP contribution in [-0.2, 0) is 4.79 Å². The summed E-state index contributed by atoms with van der Waals surface area (Å²) < 4.78 is 31.7. The molecule has 1 aliphatic rings. The number of carboxylic acids is 1. The van der Waals surface area contributed by atoms with Gasteiger partial charge < -0.3 is 15.4 Å². The van der Waals surface area contributed by atoms with Crippen molar-refractivity contribution in [1.29, 1.82) is 0 Å². The van der Waals surface area contributed by atoms with Crippen molar-refractivity contribution in [2.24, 2.45) is 5.92 Å². The maximum absolute atomic E-state index is 10.6. The maximum Gasteiger partial charge on any atom is 0.490 e. The van der Waals surface area contributed by atoms with Gasteiger partial charge in [-0.2, -0.15) is 13.2 Å². The number of hydroxylamine groups is 2. The molecular formula is C8H14F3NO3. The molecular weight excluding hydrogens is 215 g/mol. The van der Waals surface area contributed by atoms with E-state index in [9.17, 15) is 18.4 Å². The molecule has 2 N–H and O–H groups in total. The van der Waals surface area contributed by atoms with Gasteiger partial charge in [0.05, 0.1) is 13.1 Å². The molecule has 0 radical (unpaired) electrons. The predicted octanol–water partition coefficient (Wildman–Crippen LogP) is 0.432. The van der Waals surface area contributed by atoms with Gasteiger partial charge in [-0.15, -0.1) is 0 Å². The highest BCUT2D eigenvalue weighted by Crippen LogP contribution is 2.13.